The molecular formula is C31H34FN3O3. The molecule has 0 saturated carbocycles. The van der Waals surface area contributed by atoms with Crippen LogP contribution in [-0.4, -0.2) is 29.4 Å². The lowest BCUT2D eigenvalue weighted by atomic mass is 9.90. The summed E-state index contributed by atoms with van der Waals surface area (Å²) in [6.45, 7) is 9.00. The SMILES string of the molecule is CCOc1ccc(NC(=O)c2cc3cc(NCC(=O)CC(C)(C)C)ccc3n2Cc2ccccc2F)cc1. The van der Waals surface area contributed by atoms with Crippen LogP contribution in [0.1, 0.15) is 50.2 Å². The first kappa shape index (κ1) is 26.9. The van der Waals surface area contributed by atoms with Crippen LogP contribution in [0.4, 0.5) is 15.8 Å². The van der Waals surface area contributed by atoms with Gasteiger partial charge in [-0.1, -0.05) is 39.0 Å². The lowest BCUT2D eigenvalue weighted by Crippen LogP contribution is -2.20. The van der Waals surface area contributed by atoms with Crippen LogP contribution in [0.15, 0.2) is 72.8 Å². The largest absolute Gasteiger partial charge is 0.494 e. The molecule has 0 spiro atoms. The Kier molecular flexibility index (Phi) is 8.15. The van der Waals surface area contributed by atoms with Gasteiger partial charge >= 0.3 is 0 Å². The van der Waals surface area contributed by atoms with E-state index >= 15 is 0 Å². The monoisotopic (exact) mass is 515 g/mol. The van der Waals surface area contributed by atoms with Gasteiger partial charge < -0.3 is 19.9 Å². The summed E-state index contributed by atoms with van der Waals surface area (Å²) in [4.78, 5) is 25.8. The summed E-state index contributed by atoms with van der Waals surface area (Å²) in [7, 11) is 0. The van der Waals surface area contributed by atoms with Crippen molar-refractivity contribution in [2.24, 2.45) is 5.41 Å². The van der Waals surface area contributed by atoms with Crippen LogP contribution in [0.3, 0.4) is 0 Å². The van der Waals surface area contributed by atoms with Gasteiger partial charge in [-0.25, -0.2) is 4.39 Å². The second-order valence-corrected chi connectivity index (χ2v) is 10.5. The normalized spacial score (nSPS) is 11.4. The number of nitrogens with one attached hydrogen (secondary N) is 2. The molecule has 0 saturated heterocycles. The molecular weight excluding hydrogens is 481 g/mol. The topological polar surface area (TPSA) is 72.4 Å². The second-order valence-electron chi connectivity index (χ2n) is 10.5. The van der Waals surface area contributed by atoms with Gasteiger partial charge in [0.25, 0.3) is 5.91 Å². The Bertz CT molecular complexity index is 1440. The van der Waals surface area contributed by atoms with E-state index in [1.807, 2.05) is 50.5 Å². The van der Waals surface area contributed by atoms with Crippen LogP contribution in [0, 0.1) is 11.2 Å². The Morgan fingerprint density at radius 2 is 1.66 bits per heavy atom. The van der Waals surface area contributed by atoms with Gasteiger partial charge in [0, 0.05) is 34.3 Å². The molecule has 0 unspecified atom stereocenters. The Labute approximate surface area is 222 Å². The van der Waals surface area contributed by atoms with Gasteiger partial charge in [0.1, 0.15) is 17.3 Å². The third-order valence-corrected chi connectivity index (χ3v) is 6.06. The van der Waals surface area contributed by atoms with Crippen LogP contribution in [0.2, 0.25) is 0 Å². The van der Waals surface area contributed by atoms with Crippen molar-refractivity contribution in [3.05, 3.63) is 89.9 Å². The molecule has 1 amide bonds. The van der Waals surface area contributed by atoms with E-state index in [2.05, 4.69) is 10.6 Å². The quantitative estimate of drug-likeness (QED) is 0.241. The lowest BCUT2D eigenvalue weighted by Gasteiger charge is -2.17. The van der Waals surface area contributed by atoms with Gasteiger partial charge in [-0.2, -0.15) is 0 Å². The highest BCUT2D eigenvalue weighted by Crippen LogP contribution is 2.27. The third kappa shape index (κ3) is 6.79. The number of ether oxygens (including phenoxy) is 1. The zero-order chi connectivity index (χ0) is 27.3. The predicted molar refractivity (Wildman–Crippen MR) is 151 cm³/mol. The van der Waals surface area contributed by atoms with Crippen LogP contribution >= 0.6 is 0 Å². The first-order valence-electron chi connectivity index (χ1n) is 12.8. The molecule has 0 aliphatic carbocycles. The van der Waals surface area contributed by atoms with E-state index < -0.39 is 0 Å². The fourth-order valence-corrected chi connectivity index (χ4v) is 4.39. The molecule has 4 rings (SSSR count). The van der Waals surface area contributed by atoms with Crippen LogP contribution < -0.4 is 15.4 Å². The second kappa shape index (κ2) is 11.5. The molecule has 6 nitrogen and oxygen atoms in total. The van der Waals surface area contributed by atoms with Crippen molar-refractivity contribution in [2.45, 2.75) is 40.7 Å². The first-order chi connectivity index (χ1) is 18.1. The number of hydrogen-bond acceptors (Lipinski definition) is 4. The van der Waals surface area contributed by atoms with E-state index in [0.29, 0.717) is 30.0 Å². The number of benzene rings is 3. The highest BCUT2D eigenvalue weighted by molar-refractivity contribution is 6.06. The predicted octanol–water partition coefficient (Wildman–Crippen LogP) is 6.90. The fourth-order valence-electron chi connectivity index (χ4n) is 4.39. The minimum atomic E-state index is -0.331. The summed E-state index contributed by atoms with van der Waals surface area (Å²) in [6, 6.07) is 21.2. The average molecular weight is 516 g/mol. The minimum absolute atomic E-state index is 0.0712. The van der Waals surface area contributed by atoms with Gasteiger partial charge in [-0.3, -0.25) is 9.59 Å². The molecule has 198 valence electrons. The minimum Gasteiger partial charge on any atom is -0.494 e. The molecule has 0 atom stereocenters. The zero-order valence-corrected chi connectivity index (χ0v) is 22.3. The molecule has 0 aliphatic rings. The molecule has 4 aromatic rings. The first-order valence-corrected chi connectivity index (χ1v) is 12.8. The molecule has 0 fully saturated rings. The molecule has 2 N–H and O–H groups in total. The summed E-state index contributed by atoms with van der Waals surface area (Å²) in [5, 5.41) is 6.95. The summed E-state index contributed by atoms with van der Waals surface area (Å²) in [5.41, 5.74) is 3.00. The number of rotatable bonds is 10. The lowest BCUT2D eigenvalue weighted by molar-refractivity contribution is -0.119. The van der Waals surface area contributed by atoms with E-state index in [9.17, 15) is 14.0 Å². The number of halogens is 1. The number of aromatic nitrogens is 1. The Balaban J connectivity index is 1.63. The van der Waals surface area contributed by atoms with E-state index in [0.717, 1.165) is 22.3 Å². The molecule has 38 heavy (non-hydrogen) atoms. The zero-order valence-electron chi connectivity index (χ0n) is 22.3. The Morgan fingerprint density at radius 3 is 2.34 bits per heavy atom. The summed E-state index contributed by atoms with van der Waals surface area (Å²) in [6.07, 6.45) is 0.483. The number of anilines is 2. The third-order valence-electron chi connectivity index (χ3n) is 6.06. The molecule has 0 radical (unpaired) electrons. The maximum Gasteiger partial charge on any atom is 0.272 e. The molecule has 7 heteroatoms. The maximum atomic E-state index is 14.6. The number of ketones is 1. The van der Waals surface area contributed by atoms with Gasteiger partial charge in [0.2, 0.25) is 0 Å². The van der Waals surface area contributed by atoms with Crippen molar-refractivity contribution in [1.82, 2.24) is 4.57 Å². The number of Topliss-reactive ketones (excluding diaryl/α,β-unsaturated/α-hetero) is 1. The van der Waals surface area contributed by atoms with Crippen molar-refractivity contribution in [1.29, 1.82) is 0 Å². The van der Waals surface area contributed by atoms with E-state index in [-0.39, 0.29) is 36.0 Å². The van der Waals surface area contributed by atoms with Gasteiger partial charge in [0.15, 0.2) is 5.78 Å². The fraction of sp³-hybridized carbons (Fsp3) is 0.290. The molecule has 0 bridgehead atoms. The van der Waals surface area contributed by atoms with E-state index in [1.165, 1.54) is 6.07 Å². The number of fused-ring (bicyclic) bond motifs is 1. The maximum absolute atomic E-state index is 14.6. The van der Waals surface area contributed by atoms with Crippen molar-refractivity contribution in [3.63, 3.8) is 0 Å². The van der Waals surface area contributed by atoms with Crippen molar-refractivity contribution in [3.8, 4) is 5.75 Å². The number of carbonyl (C=O) groups excluding carboxylic acids is 2. The molecule has 1 aromatic heterocycles. The summed E-state index contributed by atoms with van der Waals surface area (Å²) >= 11 is 0. The van der Waals surface area contributed by atoms with Crippen LogP contribution in [0.5, 0.6) is 5.75 Å². The van der Waals surface area contributed by atoms with Crippen LogP contribution in [0.25, 0.3) is 10.9 Å². The van der Waals surface area contributed by atoms with Gasteiger partial charge in [0.05, 0.1) is 19.7 Å². The summed E-state index contributed by atoms with van der Waals surface area (Å²) < 4.78 is 21.8. The molecule has 3 aromatic carbocycles. The molecule has 1 heterocycles. The highest BCUT2D eigenvalue weighted by Gasteiger charge is 2.19. The van der Waals surface area contributed by atoms with Gasteiger partial charge in [-0.15, -0.1) is 0 Å². The van der Waals surface area contributed by atoms with Crippen molar-refractivity contribution in [2.75, 3.05) is 23.8 Å². The van der Waals surface area contributed by atoms with Crippen LogP contribution in [-0.2, 0) is 11.3 Å². The number of carbonyl (C=O) groups is 2. The highest BCUT2D eigenvalue weighted by atomic mass is 19.1. The Morgan fingerprint density at radius 1 is 0.947 bits per heavy atom. The number of hydrogen-bond donors (Lipinski definition) is 2. The van der Waals surface area contributed by atoms with Crippen molar-refractivity contribution < 1.29 is 18.7 Å². The summed E-state index contributed by atoms with van der Waals surface area (Å²) in [5.74, 6) is 0.213. The molecule has 0 aliphatic heterocycles. The van der Waals surface area contributed by atoms with Crippen molar-refractivity contribution >= 4 is 34.0 Å². The smallest absolute Gasteiger partial charge is 0.272 e. The number of nitrogens with zero attached hydrogens (tertiary/aromatic N) is 1. The Hall–Kier alpha value is -4.13. The van der Waals surface area contributed by atoms with E-state index in [4.69, 9.17) is 4.74 Å². The van der Waals surface area contributed by atoms with Gasteiger partial charge in [-0.05, 0) is 66.9 Å². The number of amides is 1. The van der Waals surface area contributed by atoms with E-state index in [1.54, 1.807) is 48.5 Å². The average Bonchev–Trinajstić information content (AvgIpc) is 3.22. The standard InChI is InChI=1S/C31H34FN3O3/c1-5-38-26-13-10-23(11-14-26)34-30(37)29-17-22-16-24(33-19-25(36)18-31(2,3)4)12-15-28(22)35(29)20-21-8-6-7-9-27(21)32/h6-17,33H,5,18-20H2,1-4H3,(H,34,37).